The van der Waals surface area contributed by atoms with Crippen LogP contribution in [0.4, 0.5) is 0 Å². The van der Waals surface area contributed by atoms with Crippen LogP contribution in [0, 0.1) is 0 Å². The summed E-state index contributed by atoms with van der Waals surface area (Å²) >= 11 is 9.80. The van der Waals surface area contributed by atoms with Crippen molar-refractivity contribution in [2.45, 2.75) is 6.42 Å². The van der Waals surface area contributed by atoms with Gasteiger partial charge in [-0.15, -0.1) is 34.0 Å². The van der Waals surface area contributed by atoms with Crippen molar-refractivity contribution in [1.29, 1.82) is 0 Å². The maximum Gasteiger partial charge on any atom is 0.293 e. The van der Waals surface area contributed by atoms with Crippen molar-refractivity contribution in [3.05, 3.63) is 56.9 Å². The molecule has 0 saturated heterocycles. The Kier molecular flexibility index (Phi) is 4.99. The average Bonchev–Trinajstić information content (AvgIpc) is 3.23. The molecule has 3 nitrogen and oxygen atoms in total. The molecule has 3 heterocycles. The van der Waals surface area contributed by atoms with Gasteiger partial charge in [-0.2, -0.15) is 5.48 Å². The molecule has 0 spiro atoms. The van der Waals surface area contributed by atoms with E-state index in [1.54, 1.807) is 28.7 Å². The minimum atomic E-state index is -0.277. The van der Waals surface area contributed by atoms with E-state index in [4.69, 9.17) is 17.1 Å². The number of thiocarbonyl (C=S) groups is 1. The summed E-state index contributed by atoms with van der Waals surface area (Å²) in [6.07, 6.45) is 0.526. The SMILES string of the molecule is O=C(NOC(=S)Cc1cccs1)c1ccc(-c2cccs2)s1. The molecule has 0 aliphatic rings. The second-order valence-corrected chi connectivity index (χ2v) is 7.82. The van der Waals surface area contributed by atoms with E-state index >= 15 is 0 Å². The number of rotatable bonds is 4. The highest BCUT2D eigenvalue weighted by Gasteiger charge is 2.12. The van der Waals surface area contributed by atoms with E-state index in [1.807, 2.05) is 41.1 Å². The summed E-state index contributed by atoms with van der Waals surface area (Å²) in [5.74, 6) is -0.277. The van der Waals surface area contributed by atoms with Crippen LogP contribution in [0.25, 0.3) is 9.75 Å². The van der Waals surface area contributed by atoms with Gasteiger partial charge in [-0.1, -0.05) is 12.1 Å². The molecule has 1 N–H and O–H groups in total. The lowest BCUT2D eigenvalue weighted by molar-refractivity contribution is 0.0744. The number of carbonyl (C=O) groups excluding carboxylic acids is 1. The number of amides is 1. The molecule has 0 aromatic carbocycles. The van der Waals surface area contributed by atoms with Crippen LogP contribution < -0.4 is 5.48 Å². The first-order chi connectivity index (χ1) is 10.7. The predicted octanol–water partition coefficient (Wildman–Crippen LogP) is 4.77. The van der Waals surface area contributed by atoms with E-state index in [-0.39, 0.29) is 5.91 Å². The molecule has 3 aromatic rings. The summed E-state index contributed by atoms with van der Waals surface area (Å²) in [5, 5.41) is 4.35. The zero-order chi connectivity index (χ0) is 15.4. The van der Waals surface area contributed by atoms with Gasteiger partial charge in [-0.05, 0) is 47.2 Å². The molecule has 0 unspecified atom stereocenters. The van der Waals surface area contributed by atoms with Gasteiger partial charge in [0, 0.05) is 14.6 Å². The lowest BCUT2D eigenvalue weighted by Gasteiger charge is -2.06. The van der Waals surface area contributed by atoms with Crippen LogP contribution in [0.15, 0.2) is 47.2 Å². The predicted molar refractivity (Wildman–Crippen MR) is 96.8 cm³/mol. The molecule has 0 fully saturated rings. The molecule has 0 aliphatic heterocycles. The topological polar surface area (TPSA) is 38.3 Å². The molecule has 112 valence electrons. The van der Waals surface area contributed by atoms with Crippen LogP contribution in [0.5, 0.6) is 0 Å². The molecule has 0 aliphatic carbocycles. The van der Waals surface area contributed by atoms with Crippen molar-refractivity contribution in [3.8, 4) is 9.75 Å². The van der Waals surface area contributed by atoms with Gasteiger partial charge in [0.1, 0.15) is 0 Å². The van der Waals surface area contributed by atoms with Crippen LogP contribution in [0.2, 0.25) is 0 Å². The number of thiophene rings is 3. The fraction of sp³-hybridized carbons (Fsp3) is 0.0667. The van der Waals surface area contributed by atoms with E-state index in [0.717, 1.165) is 14.6 Å². The van der Waals surface area contributed by atoms with Crippen LogP contribution in [0.3, 0.4) is 0 Å². The largest absolute Gasteiger partial charge is 0.372 e. The van der Waals surface area contributed by atoms with Gasteiger partial charge < -0.3 is 4.84 Å². The number of nitrogens with one attached hydrogen (secondary N) is 1. The Balaban J connectivity index is 1.55. The first-order valence-electron chi connectivity index (χ1n) is 6.38. The Labute approximate surface area is 145 Å². The van der Waals surface area contributed by atoms with Gasteiger partial charge in [0.05, 0.1) is 11.3 Å². The highest BCUT2D eigenvalue weighted by atomic mass is 32.1. The van der Waals surface area contributed by atoms with Gasteiger partial charge in [-0.3, -0.25) is 4.79 Å². The summed E-state index contributed by atoms with van der Waals surface area (Å²) in [6.45, 7) is 0. The smallest absolute Gasteiger partial charge is 0.293 e. The third-order valence-corrected chi connectivity index (χ3v) is 6.00. The maximum absolute atomic E-state index is 12.1. The van der Waals surface area contributed by atoms with Crippen LogP contribution in [-0.4, -0.2) is 11.0 Å². The third-order valence-electron chi connectivity index (χ3n) is 2.75. The molecule has 0 radical (unpaired) electrons. The second kappa shape index (κ2) is 7.15. The van der Waals surface area contributed by atoms with Crippen molar-refractivity contribution in [2.75, 3.05) is 0 Å². The number of hydrogen-bond donors (Lipinski definition) is 1. The van der Waals surface area contributed by atoms with Crippen molar-refractivity contribution in [3.63, 3.8) is 0 Å². The zero-order valence-corrected chi connectivity index (χ0v) is 14.5. The standard InChI is InChI=1S/C15H11NO2S4/c17-15(16-18-14(19)9-10-3-1-7-20-10)13-6-5-12(22-13)11-4-2-8-21-11/h1-8H,9H2,(H,16,17). The lowest BCUT2D eigenvalue weighted by atomic mass is 10.3. The zero-order valence-electron chi connectivity index (χ0n) is 11.3. The Morgan fingerprint density at radius 1 is 1.09 bits per heavy atom. The number of carbonyl (C=O) groups is 1. The van der Waals surface area contributed by atoms with E-state index in [9.17, 15) is 4.79 Å². The summed E-state index contributed by atoms with van der Waals surface area (Å²) < 4.78 is 0. The van der Waals surface area contributed by atoms with Gasteiger partial charge in [-0.25, -0.2) is 0 Å². The second-order valence-electron chi connectivity index (χ2n) is 4.30. The summed E-state index contributed by atoms with van der Waals surface area (Å²) in [5.41, 5.74) is 2.41. The minimum absolute atomic E-state index is 0.277. The number of hydrogen-bond acceptors (Lipinski definition) is 6. The molecule has 3 aromatic heterocycles. The van der Waals surface area contributed by atoms with Crippen LogP contribution in [0.1, 0.15) is 14.5 Å². The highest BCUT2D eigenvalue weighted by molar-refractivity contribution is 7.80. The van der Waals surface area contributed by atoms with Crippen LogP contribution >= 0.6 is 46.2 Å². The van der Waals surface area contributed by atoms with E-state index < -0.39 is 0 Å². The Morgan fingerprint density at radius 2 is 1.91 bits per heavy atom. The molecule has 3 rings (SSSR count). The van der Waals surface area contributed by atoms with Crippen molar-refractivity contribution >= 4 is 57.2 Å². The molecule has 22 heavy (non-hydrogen) atoms. The first-order valence-corrected chi connectivity index (χ1v) is 9.37. The maximum atomic E-state index is 12.1. The molecule has 1 amide bonds. The molecular formula is C15H11NO2S4. The van der Waals surface area contributed by atoms with Gasteiger partial charge in [0.15, 0.2) is 5.05 Å². The van der Waals surface area contributed by atoms with E-state index in [0.29, 0.717) is 16.3 Å². The van der Waals surface area contributed by atoms with Crippen molar-refractivity contribution in [1.82, 2.24) is 5.48 Å². The molecule has 0 bridgehead atoms. The fourth-order valence-electron chi connectivity index (χ4n) is 1.76. The summed E-state index contributed by atoms with van der Waals surface area (Å²) in [7, 11) is 0. The highest BCUT2D eigenvalue weighted by Crippen LogP contribution is 2.31. The monoisotopic (exact) mass is 365 g/mol. The average molecular weight is 366 g/mol. The minimum Gasteiger partial charge on any atom is -0.372 e. The van der Waals surface area contributed by atoms with Gasteiger partial charge in [0.25, 0.3) is 5.91 Å². The van der Waals surface area contributed by atoms with E-state index in [1.165, 1.54) is 11.3 Å². The molecular weight excluding hydrogens is 354 g/mol. The number of hydroxylamine groups is 1. The fourth-order valence-corrected chi connectivity index (χ4v) is 4.47. The molecule has 0 saturated carbocycles. The van der Waals surface area contributed by atoms with E-state index in [2.05, 4.69) is 5.48 Å². The lowest BCUT2D eigenvalue weighted by Crippen LogP contribution is -2.26. The van der Waals surface area contributed by atoms with Gasteiger partial charge >= 0.3 is 0 Å². The quantitative estimate of drug-likeness (QED) is 0.535. The Bertz CT molecular complexity index is 759. The third kappa shape index (κ3) is 3.80. The van der Waals surface area contributed by atoms with Crippen molar-refractivity contribution in [2.24, 2.45) is 0 Å². The summed E-state index contributed by atoms with van der Waals surface area (Å²) in [4.78, 5) is 21.2. The molecule has 7 heteroatoms. The first kappa shape index (κ1) is 15.4. The van der Waals surface area contributed by atoms with Crippen molar-refractivity contribution < 1.29 is 9.63 Å². The summed E-state index contributed by atoms with van der Waals surface area (Å²) in [6, 6.07) is 11.7. The normalized spacial score (nSPS) is 10.4. The van der Waals surface area contributed by atoms with Gasteiger partial charge in [0.2, 0.25) is 0 Å². The van der Waals surface area contributed by atoms with Crippen LogP contribution in [-0.2, 0) is 11.3 Å². The Hall–Kier alpha value is -1.54. The molecule has 0 atom stereocenters. The Morgan fingerprint density at radius 3 is 2.64 bits per heavy atom.